The van der Waals surface area contributed by atoms with E-state index in [4.69, 9.17) is 0 Å². The summed E-state index contributed by atoms with van der Waals surface area (Å²) in [6, 6.07) is 0. The molecule has 0 bridgehead atoms. The summed E-state index contributed by atoms with van der Waals surface area (Å²) in [6.07, 6.45) is 4.31. The summed E-state index contributed by atoms with van der Waals surface area (Å²) >= 11 is 0. The molecule has 2 saturated heterocycles. The van der Waals surface area contributed by atoms with Crippen LogP contribution in [0.5, 0.6) is 0 Å². The first-order chi connectivity index (χ1) is 7.25. The van der Waals surface area contributed by atoms with Crippen LogP contribution in [0.1, 0.15) is 33.1 Å². The van der Waals surface area contributed by atoms with Gasteiger partial charge in [0.1, 0.15) is 0 Å². The molecule has 2 nitrogen and oxygen atoms in total. The lowest BCUT2D eigenvalue weighted by molar-refractivity contribution is 0.140. The molecular formula is C13H26N2. The standard InChI is InChI=1S/C13H26N2/c1-11(2)10-15-7-4-12(5-8-15)13-3-6-14-9-13/h11-14H,3-10H2,1-2H3/t13-/m1/s1. The summed E-state index contributed by atoms with van der Waals surface area (Å²) < 4.78 is 0. The Bertz CT molecular complexity index is 177. The van der Waals surface area contributed by atoms with Crippen LogP contribution in [0, 0.1) is 17.8 Å². The van der Waals surface area contributed by atoms with Crippen molar-refractivity contribution in [1.29, 1.82) is 0 Å². The molecule has 0 aromatic heterocycles. The van der Waals surface area contributed by atoms with Crippen molar-refractivity contribution in [2.24, 2.45) is 17.8 Å². The van der Waals surface area contributed by atoms with Gasteiger partial charge in [0.2, 0.25) is 0 Å². The molecule has 0 aromatic carbocycles. The molecule has 2 rings (SSSR count). The molecule has 0 aliphatic carbocycles. The zero-order valence-corrected chi connectivity index (χ0v) is 10.3. The summed E-state index contributed by atoms with van der Waals surface area (Å²) in [6.45, 7) is 11.2. The lowest BCUT2D eigenvalue weighted by Crippen LogP contribution is -2.38. The Balaban J connectivity index is 1.71. The van der Waals surface area contributed by atoms with E-state index in [1.807, 2.05) is 0 Å². The van der Waals surface area contributed by atoms with Crippen molar-refractivity contribution in [2.45, 2.75) is 33.1 Å². The van der Waals surface area contributed by atoms with E-state index in [2.05, 4.69) is 24.1 Å². The highest BCUT2D eigenvalue weighted by Crippen LogP contribution is 2.28. The fourth-order valence-electron chi connectivity index (χ4n) is 3.20. The van der Waals surface area contributed by atoms with E-state index in [0.29, 0.717) is 0 Å². The van der Waals surface area contributed by atoms with Gasteiger partial charge in [-0.25, -0.2) is 0 Å². The van der Waals surface area contributed by atoms with E-state index in [1.54, 1.807) is 0 Å². The molecule has 2 heteroatoms. The zero-order valence-electron chi connectivity index (χ0n) is 10.3. The van der Waals surface area contributed by atoms with Gasteiger partial charge < -0.3 is 10.2 Å². The van der Waals surface area contributed by atoms with Crippen LogP contribution in [0.15, 0.2) is 0 Å². The minimum absolute atomic E-state index is 0.828. The summed E-state index contributed by atoms with van der Waals surface area (Å²) in [4.78, 5) is 2.66. The first kappa shape index (κ1) is 11.4. The number of hydrogen-bond donors (Lipinski definition) is 1. The van der Waals surface area contributed by atoms with Gasteiger partial charge in [-0.05, 0) is 63.2 Å². The summed E-state index contributed by atoms with van der Waals surface area (Å²) in [5, 5.41) is 3.50. The van der Waals surface area contributed by atoms with Crippen LogP contribution in [-0.2, 0) is 0 Å². The monoisotopic (exact) mass is 210 g/mol. The van der Waals surface area contributed by atoms with Crippen molar-refractivity contribution in [2.75, 3.05) is 32.7 Å². The maximum Gasteiger partial charge on any atom is 0.000439 e. The van der Waals surface area contributed by atoms with Crippen LogP contribution in [0.4, 0.5) is 0 Å². The fraction of sp³-hybridized carbons (Fsp3) is 1.00. The SMILES string of the molecule is CC(C)CN1CCC([C@@H]2CCNC2)CC1. The topological polar surface area (TPSA) is 15.3 Å². The second-order valence-electron chi connectivity index (χ2n) is 5.78. The summed E-state index contributed by atoms with van der Waals surface area (Å²) in [7, 11) is 0. The Morgan fingerprint density at radius 3 is 2.40 bits per heavy atom. The van der Waals surface area contributed by atoms with Crippen molar-refractivity contribution >= 4 is 0 Å². The molecule has 0 aromatic rings. The summed E-state index contributed by atoms with van der Waals surface area (Å²) in [5.74, 6) is 2.84. The highest BCUT2D eigenvalue weighted by atomic mass is 15.1. The number of nitrogens with zero attached hydrogens (tertiary/aromatic N) is 1. The molecule has 2 aliphatic heterocycles. The van der Waals surface area contributed by atoms with E-state index in [0.717, 1.165) is 17.8 Å². The number of piperidine rings is 1. The highest BCUT2D eigenvalue weighted by Gasteiger charge is 2.28. The van der Waals surface area contributed by atoms with E-state index in [9.17, 15) is 0 Å². The molecule has 88 valence electrons. The van der Waals surface area contributed by atoms with Crippen LogP contribution in [0.25, 0.3) is 0 Å². The second kappa shape index (κ2) is 5.31. The first-order valence-corrected chi connectivity index (χ1v) is 6.69. The van der Waals surface area contributed by atoms with Crippen LogP contribution in [0.2, 0.25) is 0 Å². The summed E-state index contributed by atoms with van der Waals surface area (Å²) in [5.41, 5.74) is 0. The molecule has 1 N–H and O–H groups in total. The van der Waals surface area contributed by atoms with Gasteiger partial charge in [-0.15, -0.1) is 0 Å². The van der Waals surface area contributed by atoms with Gasteiger partial charge in [0.25, 0.3) is 0 Å². The molecule has 15 heavy (non-hydrogen) atoms. The number of rotatable bonds is 3. The fourth-order valence-corrected chi connectivity index (χ4v) is 3.20. The first-order valence-electron chi connectivity index (χ1n) is 6.69. The lowest BCUT2D eigenvalue weighted by atomic mass is 9.83. The van der Waals surface area contributed by atoms with Gasteiger partial charge in [-0.2, -0.15) is 0 Å². The van der Waals surface area contributed by atoms with Crippen molar-refractivity contribution in [3.8, 4) is 0 Å². The smallest absolute Gasteiger partial charge is 0.000439 e. The van der Waals surface area contributed by atoms with E-state index < -0.39 is 0 Å². The predicted octanol–water partition coefficient (Wildman–Crippen LogP) is 1.96. The number of likely N-dealkylation sites (tertiary alicyclic amines) is 1. The zero-order chi connectivity index (χ0) is 10.7. The van der Waals surface area contributed by atoms with Gasteiger partial charge in [-0.3, -0.25) is 0 Å². The normalized spacial score (nSPS) is 30.2. The van der Waals surface area contributed by atoms with Crippen molar-refractivity contribution < 1.29 is 0 Å². The van der Waals surface area contributed by atoms with E-state index >= 15 is 0 Å². The quantitative estimate of drug-likeness (QED) is 0.766. The van der Waals surface area contributed by atoms with Crippen molar-refractivity contribution in [3.63, 3.8) is 0 Å². The molecular weight excluding hydrogens is 184 g/mol. The molecule has 2 fully saturated rings. The number of nitrogens with one attached hydrogen (secondary N) is 1. The second-order valence-corrected chi connectivity index (χ2v) is 5.78. The average molecular weight is 210 g/mol. The van der Waals surface area contributed by atoms with Gasteiger partial charge in [0, 0.05) is 6.54 Å². The molecule has 0 radical (unpaired) electrons. The predicted molar refractivity (Wildman–Crippen MR) is 65.0 cm³/mol. The minimum Gasteiger partial charge on any atom is -0.316 e. The molecule has 0 spiro atoms. The maximum atomic E-state index is 3.50. The van der Waals surface area contributed by atoms with Gasteiger partial charge >= 0.3 is 0 Å². The Hall–Kier alpha value is -0.0800. The molecule has 0 unspecified atom stereocenters. The van der Waals surface area contributed by atoms with Crippen LogP contribution < -0.4 is 5.32 Å². The van der Waals surface area contributed by atoms with E-state index in [1.165, 1.54) is 52.0 Å². The molecule has 0 amide bonds. The van der Waals surface area contributed by atoms with Crippen LogP contribution >= 0.6 is 0 Å². The van der Waals surface area contributed by atoms with Crippen molar-refractivity contribution in [3.05, 3.63) is 0 Å². The van der Waals surface area contributed by atoms with Gasteiger partial charge in [0.05, 0.1) is 0 Å². The Morgan fingerprint density at radius 1 is 1.13 bits per heavy atom. The highest BCUT2D eigenvalue weighted by molar-refractivity contribution is 4.82. The Labute approximate surface area is 94.4 Å². The lowest BCUT2D eigenvalue weighted by Gasteiger charge is -2.35. The average Bonchev–Trinajstić information content (AvgIpc) is 2.71. The Morgan fingerprint density at radius 2 is 1.87 bits per heavy atom. The molecule has 2 aliphatic rings. The van der Waals surface area contributed by atoms with Crippen molar-refractivity contribution in [1.82, 2.24) is 10.2 Å². The van der Waals surface area contributed by atoms with Gasteiger partial charge in [-0.1, -0.05) is 13.8 Å². The van der Waals surface area contributed by atoms with Crippen LogP contribution in [-0.4, -0.2) is 37.6 Å². The maximum absolute atomic E-state index is 3.50. The molecule has 1 atom stereocenters. The van der Waals surface area contributed by atoms with E-state index in [-0.39, 0.29) is 0 Å². The third-order valence-electron chi connectivity index (χ3n) is 4.02. The largest absolute Gasteiger partial charge is 0.316 e. The Kier molecular flexibility index (Phi) is 4.04. The van der Waals surface area contributed by atoms with Gasteiger partial charge in [0.15, 0.2) is 0 Å². The third kappa shape index (κ3) is 3.18. The van der Waals surface area contributed by atoms with Crippen LogP contribution in [0.3, 0.4) is 0 Å². The molecule has 2 heterocycles. The molecule has 0 saturated carbocycles. The minimum atomic E-state index is 0.828. The third-order valence-corrected chi connectivity index (χ3v) is 4.02. The number of hydrogen-bond acceptors (Lipinski definition) is 2.